The van der Waals surface area contributed by atoms with E-state index in [1.807, 2.05) is 0 Å². The summed E-state index contributed by atoms with van der Waals surface area (Å²) < 4.78 is 0. The van der Waals surface area contributed by atoms with Crippen LogP contribution in [0.5, 0.6) is 0 Å². The minimum atomic E-state index is 0.292. The number of fused-ring (bicyclic) bond motifs is 2. The first-order valence-corrected chi connectivity index (χ1v) is 7.58. The smallest absolute Gasteiger partial charge is 0.0484 e. The maximum Gasteiger partial charge on any atom is 0.0484 e. The van der Waals surface area contributed by atoms with Crippen LogP contribution < -0.4 is 4.90 Å². The Labute approximate surface area is 127 Å². The first-order chi connectivity index (χ1) is 9.96. The van der Waals surface area contributed by atoms with Crippen LogP contribution in [-0.2, 0) is 6.42 Å². The maximum absolute atomic E-state index is 2.30. The molecule has 1 heterocycles. The van der Waals surface area contributed by atoms with Gasteiger partial charge in [-0.05, 0) is 35.1 Å². The lowest BCUT2D eigenvalue weighted by Crippen LogP contribution is -2.14. The van der Waals surface area contributed by atoms with Gasteiger partial charge in [-0.1, -0.05) is 63.3 Å². The van der Waals surface area contributed by atoms with Crippen molar-refractivity contribution in [3.8, 4) is 0 Å². The molecule has 1 aliphatic heterocycles. The van der Waals surface area contributed by atoms with Crippen LogP contribution in [0.1, 0.15) is 37.5 Å². The minimum absolute atomic E-state index is 0.292. The second kappa shape index (κ2) is 5.07. The van der Waals surface area contributed by atoms with Crippen molar-refractivity contribution < 1.29 is 0 Å². The fourth-order valence-corrected chi connectivity index (χ4v) is 3.05. The molecular weight excluding hydrogens is 254 g/mol. The summed E-state index contributed by atoms with van der Waals surface area (Å²) in [7, 11) is 2.16. The lowest BCUT2D eigenvalue weighted by atomic mass is 9.85. The van der Waals surface area contributed by atoms with Gasteiger partial charge in [0.15, 0.2) is 0 Å². The molecule has 0 spiro atoms. The van der Waals surface area contributed by atoms with Crippen molar-refractivity contribution in [1.29, 1.82) is 0 Å². The van der Waals surface area contributed by atoms with Crippen molar-refractivity contribution in [3.05, 3.63) is 59.2 Å². The van der Waals surface area contributed by atoms with Crippen LogP contribution in [0.3, 0.4) is 0 Å². The number of anilines is 2. The normalized spacial score (nSPS) is 13.6. The molecule has 0 saturated carbocycles. The summed E-state index contributed by atoms with van der Waals surface area (Å²) in [5.74, 6) is 0. The summed E-state index contributed by atoms with van der Waals surface area (Å²) in [4.78, 5) is 2.30. The van der Waals surface area contributed by atoms with Crippen LogP contribution >= 0.6 is 0 Å². The summed E-state index contributed by atoms with van der Waals surface area (Å²) in [5, 5.41) is 0. The molecule has 21 heavy (non-hydrogen) atoms. The summed E-state index contributed by atoms with van der Waals surface area (Å²) in [6, 6.07) is 15.2. The highest BCUT2D eigenvalue weighted by atomic mass is 15.1. The average Bonchev–Trinajstić information content (AvgIpc) is 2.57. The molecule has 0 bridgehead atoms. The molecule has 1 heteroatoms. The summed E-state index contributed by atoms with van der Waals surface area (Å²) in [6.45, 7) is 6.89. The molecule has 0 aromatic heterocycles. The van der Waals surface area contributed by atoms with E-state index in [0.29, 0.717) is 5.41 Å². The number of nitrogens with zero attached hydrogens (tertiary/aromatic N) is 1. The number of hydrogen-bond acceptors (Lipinski definition) is 1. The van der Waals surface area contributed by atoms with Gasteiger partial charge in [0.25, 0.3) is 0 Å². The average molecular weight is 277 g/mol. The quantitative estimate of drug-likeness (QED) is 0.662. The van der Waals surface area contributed by atoms with Crippen molar-refractivity contribution in [1.82, 2.24) is 0 Å². The molecule has 3 rings (SSSR count). The summed E-state index contributed by atoms with van der Waals surface area (Å²) in [5.41, 5.74) is 6.90. The molecule has 1 nitrogen and oxygen atoms in total. The van der Waals surface area contributed by atoms with E-state index < -0.39 is 0 Å². The van der Waals surface area contributed by atoms with Gasteiger partial charge < -0.3 is 4.90 Å². The molecular formula is C20H23N. The van der Waals surface area contributed by atoms with Crippen LogP contribution in [0, 0.1) is 5.41 Å². The number of benzene rings is 2. The van der Waals surface area contributed by atoms with Crippen LogP contribution in [0.15, 0.2) is 42.5 Å². The predicted octanol–water partition coefficient (Wildman–Crippen LogP) is 5.53. The largest absolute Gasteiger partial charge is 0.344 e. The Balaban J connectivity index is 2.14. The topological polar surface area (TPSA) is 3.24 Å². The summed E-state index contributed by atoms with van der Waals surface area (Å²) in [6.07, 6.45) is 5.60. The zero-order valence-electron chi connectivity index (χ0n) is 13.4. The fourth-order valence-electron chi connectivity index (χ4n) is 3.05. The highest BCUT2D eigenvalue weighted by Gasteiger charge is 2.19. The van der Waals surface area contributed by atoms with Gasteiger partial charge in [0.05, 0.1) is 0 Å². The molecule has 0 N–H and O–H groups in total. The van der Waals surface area contributed by atoms with Gasteiger partial charge in [0.2, 0.25) is 0 Å². The Morgan fingerprint density at radius 2 is 1.57 bits per heavy atom. The van der Waals surface area contributed by atoms with Crippen molar-refractivity contribution in [3.63, 3.8) is 0 Å². The van der Waals surface area contributed by atoms with Gasteiger partial charge >= 0.3 is 0 Å². The highest BCUT2D eigenvalue weighted by Crippen LogP contribution is 2.37. The maximum atomic E-state index is 2.30. The van der Waals surface area contributed by atoms with Gasteiger partial charge in [-0.25, -0.2) is 0 Å². The molecule has 108 valence electrons. The van der Waals surface area contributed by atoms with E-state index in [0.717, 1.165) is 6.42 Å². The Bertz CT molecular complexity index is 689. The Hall–Kier alpha value is -2.02. The van der Waals surface area contributed by atoms with Gasteiger partial charge in [-0.15, -0.1) is 0 Å². The molecule has 1 aliphatic rings. The van der Waals surface area contributed by atoms with Crippen LogP contribution in [-0.4, -0.2) is 7.05 Å². The Kier molecular flexibility index (Phi) is 3.36. The lowest BCUT2D eigenvalue weighted by Gasteiger charge is -2.25. The van der Waals surface area contributed by atoms with Crippen LogP contribution in [0.2, 0.25) is 0 Å². The van der Waals surface area contributed by atoms with Gasteiger partial charge in [-0.2, -0.15) is 0 Å². The van der Waals surface area contributed by atoms with Crippen molar-refractivity contribution >= 4 is 23.5 Å². The van der Waals surface area contributed by atoms with Crippen molar-refractivity contribution in [2.75, 3.05) is 11.9 Å². The Morgan fingerprint density at radius 1 is 0.857 bits per heavy atom. The van der Waals surface area contributed by atoms with Crippen LogP contribution in [0.25, 0.3) is 12.2 Å². The monoisotopic (exact) mass is 277 g/mol. The van der Waals surface area contributed by atoms with Gasteiger partial charge in [0.1, 0.15) is 0 Å². The Morgan fingerprint density at radius 3 is 2.33 bits per heavy atom. The fraction of sp³-hybridized carbons (Fsp3) is 0.300. The predicted molar refractivity (Wildman–Crippen MR) is 93.0 cm³/mol. The van der Waals surface area contributed by atoms with E-state index >= 15 is 0 Å². The van der Waals surface area contributed by atoms with Crippen molar-refractivity contribution in [2.24, 2.45) is 5.41 Å². The SMILES string of the molecule is CN1c2ccccc2C=Cc2c(CC(C)(C)C)cccc21. The van der Waals surface area contributed by atoms with E-state index in [1.165, 1.54) is 28.1 Å². The number of para-hydroxylation sites is 1. The second-order valence-electron chi connectivity index (χ2n) is 7.04. The third-order valence-electron chi connectivity index (χ3n) is 3.98. The van der Waals surface area contributed by atoms with E-state index in [2.05, 4.69) is 87.3 Å². The molecule has 0 saturated heterocycles. The first kappa shape index (κ1) is 13.9. The van der Waals surface area contributed by atoms with E-state index in [-0.39, 0.29) is 0 Å². The molecule has 0 unspecified atom stereocenters. The van der Waals surface area contributed by atoms with Gasteiger partial charge in [-0.3, -0.25) is 0 Å². The third kappa shape index (κ3) is 2.73. The number of hydrogen-bond donors (Lipinski definition) is 0. The van der Waals surface area contributed by atoms with Gasteiger partial charge in [0, 0.05) is 24.0 Å². The standard InChI is InChI=1S/C20H23N/c1-20(2,3)14-16-9-7-11-19-17(16)13-12-15-8-5-6-10-18(15)21(19)4/h5-13H,14H2,1-4H3. The van der Waals surface area contributed by atoms with E-state index in [9.17, 15) is 0 Å². The van der Waals surface area contributed by atoms with Crippen LogP contribution in [0.4, 0.5) is 11.4 Å². The zero-order valence-corrected chi connectivity index (χ0v) is 13.4. The van der Waals surface area contributed by atoms with E-state index in [4.69, 9.17) is 0 Å². The molecule has 0 atom stereocenters. The molecule has 2 aromatic carbocycles. The van der Waals surface area contributed by atoms with E-state index in [1.54, 1.807) is 0 Å². The molecule has 0 fully saturated rings. The molecule has 0 aliphatic carbocycles. The van der Waals surface area contributed by atoms with Crippen molar-refractivity contribution in [2.45, 2.75) is 27.2 Å². The zero-order chi connectivity index (χ0) is 15.0. The summed E-state index contributed by atoms with van der Waals surface area (Å²) >= 11 is 0. The first-order valence-electron chi connectivity index (χ1n) is 7.58. The number of rotatable bonds is 1. The minimum Gasteiger partial charge on any atom is -0.344 e. The third-order valence-corrected chi connectivity index (χ3v) is 3.98. The lowest BCUT2D eigenvalue weighted by molar-refractivity contribution is 0.411. The molecule has 0 radical (unpaired) electrons. The molecule has 0 amide bonds. The second-order valence-corrected chi connectivity index (χ2v) is 7.04. The highest BCUT2D eigenvalue weighted by molar-refractivity contribution is 5.89. The molecule has 2 aromatic rings.